The molecule has 2 rings (SSSR count). The Kier molecular flexibility index (Phi) is 21.0. The fourth-order valence-corrected chi connectivity index (χ4v) is 3.35. The molecule has 0 bridgehead atoms. The normalized spacial score (nSPS) is 7.58. The maximum absolute atomic E-state index is 2.21. The van der Waals surface area contributed by atoms with Crippen LogP contribution in [-0.4, -0.2) is 0 Å². The summed E-state index contributed by atoms with van der Waals surface area (Å²) in [5.41, 5.74) is 0. The second-order valence-corrected chi connectivity index (χ2v) is 5.72. The van der Waals surface area contributed by atoms with Gasteiger partial charge < -0.3 is 7.43 Å². The summed E-state index contributed by atoms with van der Waals surface area (Å²) in [4.78, 5) is 0. The fourth-order valence-electron chi connectivity index (χ4n) is 1.08. The van der Waals surface area contributed by atoms with E-state index in [2.05, 4.69) is 60.7 Å². The number of hydrogen-bond acceptors (Lipinski definition) is 0. The molecule has 0 fully saturated rings. The number of halogens is 1. The molecular formula is C18H29I-2. The first-order valence-corrected chi connectivity index (χ1v) is 8.36. The Bertz CT molecular complexity index is 316. The summed E-state index contributed by atoms with van der Waals surface area (Å²) in [5, 5.41) is 0. The SMILES string of the molecule is C.CC.CC.[CH3-].c1ccc([I-]c2ccccc2)cc1. The van der Waals surface area contributed by atoms with Crippen molar-refractivity contribution >= 4 is 0 Å². The van der Waals surface area contributed by atoms with Crippen molar-refractivity contribution in [3.63, 3.8) is 0 Å². The summed E-state index contributed by atoms with van der Waals surface area (Å²) in [5.74, 6) is 0. The summed E-state index contributed by atoms with van der Waals surface area (Å²) in [7, 11) is 0. The van der Waals surface area contributed by atoms with E-state index in [0.717, 1.165) is 0 Å². The van der Waals surface area contributed by atoms with Crippen LogP contribution in [0.5, 0.6) is 0 Å². The Morgan fingerprint density at radius 3 is 1.11 bits per heavy atom. The van der Waals surface area contributed by atoms with Crippen LogP contribution in [0, 0.1) is 14.6 Å². The molecule has 0 aliphatic heterocycles. The molecule has 0 aliphatic carbocycles. The van der Waals surface area contributed by atoms with Gasteiger partial charge in [-0.1, -0.05) is 35.1 Å². The number of benzene rings is 2. The zero-order chi connectivity index (χ0) is 12.9. The van der Waals surface area contributed by atoms with E-state index in [-0.39, 0.29) is 36.1 Å². The molecule has 0 atom stereocenters. The predicted molar refractivity (Wildman–Crippen MR) is 86.1 cm³/mol. The molecule has 0 saturated carbocycles. The first kappa shape index (κ1) is 23.3. The second-order valence-electron chi connectivity index (χ2n) is 2.69. The van der Waals surface area contributed by atoms with Crippen molar-refractivity contribution in [2.24, 2.45) is 0 Å². The minimum absolute atomic E-state index is 0. The van der Waals surface area contributed by atoms with E-state index < -0.39 is 0 Å². The van der Waals surface area contributed by atoms with Gasteiger partial charge in [-0.3, -0.25) is 0 Å². The van der Waals surface area contributed by atoms with Crippen LogP contribution >= 0.6 is 0 Å². The van der Waals surface area contributed by atoms with Gasteiger partial charge in [-0.25, -0.2) is 0 Å². The van der Waals surface area contributed by atoms with Crippen molar-refractivity contribution in [3.05, 3.63) is 75.2 Å². The third-order valence-corrected chi connectivity index (χ3v) is 4.37. The van der Waals surface area contributed by atoms with Crippen LogP contribution in [0.2, 0.25) is 0 Å². The summed E-state index contributed by atoms with van der Waals surface area (Å²) >= 11 is 0.0287. The van der Waals surface area contributed by atoms with E-state index in [1.54, 1.807) is 0 Å². The minimum atomic E-state index is 0. The Hall–Kier alpha value is -0.830. The van der Waals surface area contributed by atoms with Gasteiger partial charge >= 0.3 is 89.0 Å². The van der Waals surface area contributed by atoms with Crippen molar-refractivity contribution in [1.29, 1.82) is 0 Å². The van der Waals surface area contributed by atoms with Gasteiger partial charge in [0.2, 0.25) is 0 Å². The monoisotopic (exact) mass is 372 g/mol. The van der Waals surface area contributed by atoms with Crippen molar-refractivity contribution in [2.75, 3.05) is 0 Å². The third kappa shape index (κ3) is 10.8. The van der Waals surface area contributed by atoms with E-state index >= 15 is 0 Å². The van der Waals surface area contributed by atoms with Crippen molar-refractivity contribution in [3.8, 4) is 0 Å². The second kappa shape index (κ2) is 17.2. The molecule has 0 aromatic heterocycles. The summed E-state index contributed by atoms with van der Waals surface area (Å²) in [6.07, 6.45) is 0. The molecule has 2 aromatic carbocycles. The Morgan fingerprint density at radius 2 is 0.842 bits per heavy atom. The molecule has 0 unspecified atom stereocenters. The quantitative estimate of drug-likeness (QED) is 0.562. The van der Waals surface area contributed by atoms with Crippen LogP contribution in [-0.2, 0) is 0 Å². The molecule has 0 radical (unpaired) electrons. The molecule has 0 amide bonds. The Balaban J connectivity index is -0.000000392. The van der Waals surface area contributed by atoms with Crippen molar-refractivity contribution < 1.29 is 21.2 Å². The average molecular weight is 372 g/mol. The van der Waals surface area contributed by atoms with E-state index in [1.165, 1.54) is 7.14 Å². The molecule has 0 nitrogen and oxygen atoms in total. The van der Waals surface area contributed by atoms with E-state index in [1.807, 2.05) is 27.7 Å². The van der Waals surface area contributed by atoms with Crippen LogP contribution < -0.4 is 21.2 Å². The zero-order valence-electron chi connectivity index (χ0n) is 12.2. The molecule has 0 heterocycles. The topological polar surface area (TPSA) is 0 Å². The van der Waals surface area contributed by atoms with Crippen LogP contribution in [0.1, 0.15) is 35.1 Å². The molecule has 19 heavy (non-hydrogen) atoms. The standard InChI is InChI=1S/C12H10I.2C2H6.CH4.CH3/c1-3-7-11(8-4-1)13-12-9-5-2-6-10-12;2*1-2;;/h1-10H;2*1-2H3;1H4;1H3/q-1;;;;-1. The molecular weight excluding hydrogens is 343 g/mol. The summed E-state index contributed by atoms with van der Waals surface area (Å²) < 4.78 is 2.96. The number of hydrogen-bond donors (Lipinski definition) is 0. The van der Waals surface area contributed by atoms with Gasteiger partial charge in [0.1, 0.15) is 0 Å². The van der Waals surface area contributed by atoms with Crippen molar-refractivity contribution in [2.45, 2.75) is 35.1 Å². The Labute approximate surface area is 131 Å². The van der Waals surface area contributed by atoms with E-state index in [9.17, 15) is 0 Å². The first-order chi connectivity index (χ1) is 8.45. The van der Waals surface area contributed by atoms with Gasteiger partial charge in [-0.2, -0.15) is 0 Å². The number of rotatable bonds is 2. The third-order valence-electron chi connectivity index (χ3n) is 1.68. The van der Waals surface area contributed by atoms with Gasteiger partial charge in [0.25, 0.3) is 0 Å². The molecule has 110 valence electrons. The molecule has 0 spiro atoms. The van der Waals surface area contributed by atoms with Crippen molar-refractivity contribution in [1.82, 2.24) is 0 Å². The van der Waals surface area contributed by atoms with E-state index in [4.69, 9.17) is 0 Å². The molecule has 1 heteroatoms. The first-order valence-electron chi connectivity index (χ1n) is 6.20. The van der Waals surface area contributed by atoms with E-state index in [0.29, 0.717) is 0 Å². The van der Waals surface area contributed by atoms with Gasteiger partial charge in [-0.05, 0) is 0 Å². The van der Waals surface area contributed by atoms with Gasteiger partial charge in [0, 0.05) is 0 Å². The molecule has 0 N–H and O–H groups in total. The van der Waals surface area contributed by atoms with Gasteiger partial charge in [0.15, 0.2) is 0 Å². The van der Waals surface area contributed by atoms with Crippen LogP contribution in [0.15, 0.2) is 60.7 Å². The molecule has 2 aromatic rings. The molecule has 0 aliphatic rings. The predicted octanol–water partition coefficient (Wildman–Crippen LogP) is 2.95. The maximum atomic E-state index is 2.21. The van der Waals surface area contributed by atoms with Gasteiger partial charge in [0.05, 0.1) is 0 Å². The average Bonchev–Trinajstić information content (AvgIpc) is 2.45. The summed E-state index contributed by atoms with van der Waals surface area (Å²) in [6, 6.07) is 21.4. The van der Waals surface area contributed by atoms with Crippen LogP contribution in [0.3, 0.4) is 0 Å². The van der Waals surface area contributed by atoms with Gasteiger partial charge in [-0.15, -0.1) is 0 Å². The van der Waals surface area contributed by atoms with Crippen LogP contribution in [0.4, 0.5) is 0 Å². The van der Waals surface area contributed by atoms with Crippen LogP contribution in [0.25, 0.3) is 0 Å². The fraction of sp³-hybridized carbons (Fsp3) is 0.278. The molecule has 0 saturated heterocycles. The summed E-state index contributed by atoms with van der Waals surface area (Å²) in [6.45, 7) is 8.00. The Morgan fingerprint density at radius 1 is 0.579 bits per heavy atom. The zero-order valence-corrected chi connectivity index (χ0v) is 14.3.